The third-order valence-corrected chi connectivity index (χ3v) is 5.69. The molecule has 3 rings (SSSR count). The number of benzene rings is 1. The molecule has 1 N–H and O–H groups in total. The van der Waals surface area contributed by atoms with E-state index in [-0.39, 0.29) is 5.91 Å². The van der Waals surface area contributed by atoms with Crippen LogP contribution in [0.5, 0.6) is 0 Å². The second-order valence-electron chi connectivity index (χ2n) is 6.88. The van der Waals surface area contributed by atoms with Gasteiger partial charge in [-0.1, -0.05) is 23.7 Å². The van der Waals surface area contributed by atoms with Crippen LogP contribution >= 0.6 is 11.8 Å². The largest absolute Gasteiger partial charge is 0.361 e. The van der Waals surface area contributed by atoms with Crippen LogP contribution in [0.15, 0.2) is 28.8 Å². The lowest BCUT2D eigenvalue weighted by atomic mass is 10.1. The average Bonchev–Trinajstić information content (AvgIpc) is 2.95. The van der Waals surface area contributed by atoms with Crippen LogP contribution in [-0.4, -0.2) is 34.8 Å². The number of hydrogen-bond donors (Lipinski definition) is 1. The summed E-state index contributed by atoms with van der Waals surface area (Å²) in [7, 11) is 0. The highest BCUT2D eigenvalue weighted by Crippen LogP contribution is 2.20. The number of hydrogen-bond acceptors (Lipinski definition) is 5. The lowest BCUT2D eigenvalue weighted by Crippen LogP contribution is -2.29. The van der Waals surface area contributed by atoms with Crippen LogP contribution in [0.3, 0.4) is 0 Å². The van der Waals surface area contributed by atoms with Gasteiger partial charge in [-0.2, -0.15) is 0 Å². The second-order valence-corrected chi connectivity index (χ2v) is 7.87. The zero-order chi connectivity index (χ0) is 18.4. The lowest BCUT2D eigenvalue weighted by molar-refractivity contribution is -0.113. The van der Waals surface area contributed by atoms with Crippen molar-refractivity contribution in [3.05, 3.63) is 46.8 Å². The molecule has 0 bridgehead atoms. The number of likely N-dealkylation sites (tertiary alicyclic amines) is 1. The first-order valence-corrected chi connectivity index (χ1v) is 10.4. The number of thioether (sulfide) groups is 1. The number of amides is 1. The van der Waals surface area contributed by atoms with E-state index < -0.39 is 0 Å². The molecule has 140 valence electrons. The summed E-state index contributed by atoms with van der Waals surface area (Å²) in [5, 5.41) is 6.96. The summed E-state index contributed by atoms with van der Waals surface area (Å²) in [6.07, 6.45) is 3.93. The predicted octanol–water partition coefficient (Wildman–Crippen LogP) is 4.15. The Morgan fingerprint density at radius 2 is 2.08 bits per heavy atom. The van der Waals surface area contributed by atoms with Crippen LogP contribution < -0.4 is 5.32 Å². The van der Waals surface area contributed by atoms with Gasteiger partial charge in [0, 0.05) is 23.5 Å². The highest BCUT2D eigenvalue weighted by Gasteiger charge is 2.12. The number of nitrogens with zero attached hydrogens (tertiary/aromatic N) is 2. The molecule has 0 spiro atoms. The molecule has 0 saturated carbocycles. The average molecular weight is 374 g/mol. The molecule has 0 aliphatic carbocycles. The molecule has 2 heterocycles. The maximum Gasteiger partial charge on any atom is 0.234 e. The van der Waals surface area contributed by atoms with Crippen molar-refractivity contribution < 1.29 is 9.32 Å². The Bertz CT molecular complexity index is 719. The Balaban J connectivity index is 1.47. The molecule has 0 unspecified atom stereocenters. The molecule has 1 fully saturated rings. The molecule has 1 aliphatic rings. The highest BCUT2D eigenvalue weighted by atomic mass is 32.2. The lowest BCUT2D eigenvalue weighted by Gasteiger charge is -2.26. The first-order chi connectivity index (χ1) is 12.6. The van der Waals surface area contributed by atoms with Crippen LogP contribution in [0.25, 0.3) is 0 Å². The highest BCUT2D eigenvalue weighted by molar-refractivity contribution is 7.99. The summed E-state index contributed by atoms with van der Waals surface area (Å²) in [5.74, 6) is 2.02. The van der Waals surface area contributed by atoms with Gasteiger partial charge in [0.25, 0.3) is 0 Å². The second kappa shape index (κ2) is 9.24. The van der Waals surface area contributed by atoms with Gasteiger partial charge in [0.05, 0.1) is 11.4 Å². The molecule has 1 aliphatic heterocycles. The van der Waals surface area contributed by atoms with Gasteiger partial charge >= 0.3 is 0 Å². The summed E-state index contributed by atoms with van der Waals surface area (Å²) >= 11 is 1.58. The molecule has 2 aromatic rings. The normalized spacial score (nSPS) is 15.2. The van der Waals surface area contributed by atoms with Gasteiger partial charge in [-0.15, -0.1) is 11.8 Å². The molecule has 1 aromatic carbocycles. The fraction of sp³-hybridized carbons (Fsp3) is 0.500. The third kappa shape index (κ3) is 5.35. The minimum Gasteiger partial charge on any atom is -0.361 e. The summed E-state index contributed by atoms with van der Waals surface area (Å²) < 4.78 is 5.16. The van der Waals surface area contributed by atoms with E-state index in [2.05, 4.69) is 27.5 Å². The maximum atomic E-state index is 12.2. The van der Waals surface area contributed by atoms with Gasteiger partial charge in [-0.3, -0.25) is 9.69 Å². The van der Waals surface area contributed by atoms with E-state index in [1.807, 2.05) is 26.0 Å². The fourth-order valence-corrected chi connectivity index (χ4v) is 4.25. The SMILES string of the molecule is Cc1noc(C)c1CSCC(=O)Nc1cccc(CN2CCCCC2)c1. The molecule has 26 heavy (non-hydrogen) atoms. The zero-order valence-electron chi connectivity index (χ0n) is 15.6. The van der Waals surface area contributed by atoms with Gasteiger partial charge < -0.3 is 9.84 Å². The van der Waals surface area contributed by atoms with Gasteiger partial charge in [-0.05, 0) is 57.5 Å². The topological polar surface area (TPSA) is 58.4 Å². The third-order valence-electron chi connectivity index (χ3n) is 4.73. The van der Waals surface area contributed by atoms with Crippen molar-refractivity contribution >= 4 is 23.4 Å². The van der Waals surface area contributed by atoms with E-state index in [1.54, 1.807) is 11.8 Å². The van der Waals surface area contributed by atoms with Crippen molar-refractivity contribution in [1.82, 2.24) is 10.1 Å². The van der Waals surface area contributed by atoms with Crippen molar-refractivity contribution in [3.8, 4) is 0 Å². The molecule has 1 saturated heterocycles. The molecule has 1 aromatic heterocycles. The van der Waals surface area contributed by atoms with E-state index in [9.17, 15) is 4.79 Å². The smallest absolute Gasteiger partial charge is 0.234 e. The molecular weight excluding hydrogens is 346 g/mol. The number of aromatic nitrogens is 1. The van der Waals surface area contributed by atoms with Gasteiger partial charge in [0.15, 0.2) is 0 Å². The minimum atomic E-state index is 0.0249. The number of aryl methyl sites for hydroxylation is 2. The molecule has 0 radical (unpaired) electrons. The Morgan fingerprint density at radius 1 is 1.27 bits per heavy atom. The van der Waals surface area contributed by atoms with Crippen LogP contribution in [0.4, 0.5) is 5.69 Å². The Morgan fingerprint density at radius 3 is 2.81 bits per heavy atom. The first kappa shape index (κ1) is 19.0. The Hall–Kier alpha value is -1.79. The Labute approximate surface area is 159 Å². The maximum absolute atomic E-state index is 12.2. The monoisotopic (exact) mass is 373 g/mol. The number of nitrogens with one attached hydrogen (secondary N) is 1. The molecular formula is C20H27N3O2S. The summed E-state index contributed by atoms with van der Waals surface area (Å²) in [6, 6.07) is 8.20. The van der Waals surface area contributed by atoms with E-state index in [1.165, 1.54) is 37.9 Å². The van der Waals surface area contributed by atoms with Crippen LogP contribution in [0.2, 0.25) is 0 Å². The van der Waals surface area contributed by atoms with Crippen molar-refractivity contribution in [2.45, 2.75) is 45.4 Å². The van der Waals surface area contributed by atoms with Crippen molar-refractivity contribution in [1.29, 1.82) is 0 Å². The van der Waals surface area contributed by atoms with Gasteiger partial charge in [-0.25, -0.2) is 0 Å². The van der Waals surface area contributed by atoms with Crippen LogP contribution in [0.1, 0.15) is 41.8 Å². The standard InChI is InChI=1S/C20H27N3O2S/c1-15-19(16(2)25-22-15)13-26-14-20(24)21-18-8-6-7-17(11-18)12-23-9-4-3-5-10-23/h6-8,11H,3-5,9-10,12-14H2,1-2H3,(H,21,24). The van der Waals surface area contributed by atoms with E-state index in [4.69, 9.17) is 4.52 Å². The van der Waals surface area contributed by atoms with Gasteiger partial charge in [0.2, 0.25) is 5.91 Å². The molecule has 5 nitrogen and oxygen atoms in total. The predicted molar refractivity (Wildman–Crippen MR) is 106 cm³/mol. The molecule has 1 amide bonds. The molecule has 6 heteroatoms. The number of anilines is 1. The van der Waals surface area contributed by atoms with Crippen LogP contribution in [0, 0.1) is 13.8 Å². The fourth-order valence-electron chi connectivity index (χ4n) is 3.27. The number of piperidine rings is 1. The van der Waals surface area contributed by atoms with Crippen molar-refractivity contribution in [2.24, 2.45) is 0 Å². The van der Waals surface area contributed by atoms with Crippen molar-refractivity contribution in [2.75, 3.05) is 24.2 Å². The first-order valence-electron chi connectivity index (χ1n) is 9.22. The van der Waals surface area contributed by atoms with Gasteiger partial charge in [0.1, 0.15) is 5.76 Å². The molecule has 0 atom stereocenters. The number of carbonyl (C=O) groups excluding carboxylic acids is 1. The number of rotatable bonds is 7. The van der Waals surface area contributed by atoms with Crippen molar-refractivity contribution in [3.63, 3.8) is 0 Å². The zero-order valence-corrected chi connectivity index (χ0v) is 16.4. The number of carbonyl (C=O) groups is 1. The quantitative estimate of drug-likeness (QED) is 0.790. The van der Waals surface area contributed by atoms with E-state index in [0.29, 0.717) is 5.75 Å². The summed E-state index contributed by atoms with van der Waals surface area (Å²) in [4.78, 5) is 14.7. The summed E-state index contributed by atoms with van der Waals surface area (Å²) in [6.45, 7) is 7.15. The summed E-state index contributed by atoms with van der Waals surface area (Å²) in [5.41, 5.74) is 4.13. The van der Waals surface area contributed by atoms with Crippen LogP contribution in [-0.2, 0) is 17.1 Å². The van der Waals surface area contributed by atoms with E-state index >= 15 is 0 Å². The van der Waals surface area contributed by atoms with E-state index in [0.717, 1.165) is 35.0 Å². The Kier molecular flexibility index (Phi) is 6.74. The minimum absolute atomic E-state index is 0.0249.